The second-order valence-electron chi connectivity index (χ2n) is 10.2. The van der Waals surface area contributed by atoms with Crippen molar-refractivity contribution in [3.05, 3.63) is 53.5 Å². The number of allylic oxidation sites excluding steroid dienone is 1. The minimum atomic E-state index is -0.950. The second-order valence-corrected chi connectivity index (χ2v) is 10.2. The Morgan fingerprint density at radius 1 is 1.12 bits per heavy atom. The van der Waals surface area contributed by atoms with Crippen molar-refractivity contribution in [2.75, 3.05) is 6.54 Å². The number of carbonyl (C=O) groups is 1. The number of carbonyl (C=O) groups excluding carboxylic acids is 1. The predicted molar refractivity (Wildman–Crippen MR) is 129 cm³/mol. The minimum absolute atomic E-state index is 0.0178. The summed E-state index contributed by atoms with van der Waals surface area (Å²) in [7, 11) is 0. The summed E-state index contributed by atoms with van der Waals surface area (Å²) in [6, 6.07) is 7.61. The highest BCUT2D eigenvalue weighted by molar-refractivity contribution is 5.98. The van der Waals surface area contributed by atoms with Crippen LogP contribution >= 0.6 is 0 Å². The molecule has 7 nitrogen and oxygen atoms in total. The number of rotatable bonds is 4. The number of likely N-dealkylation sites (tertiary alicyclic amines) is 1. The molecule has 1 amide bonds. The molecule has 1 aromatic carbocycles. The molecular weight excluding hydrogens is 414 g/mol. The van der Waals surface area contributed by atoms with Gasteiger partial charge in [-0.05, 0) is 70.1 Å². The molecule has 2 aliphatic heterocycles. The van der Waals surface area contributed by atoms with E-state index in [0.29, 0.717) is 23.7 Å². The standard InChI is InChI=1S/C26H35N5O2/c1-17(2)20-12-13-22(29-24(20)26(4,5)33)19-11-10-18(3)30(16-19)25(32)21-8-6-7-9-23(21)31-27-14-15-28-31/h6-9,14-15,17-18,20,33H,10-13,16H2,1-5H3/b22-19-. The molecule has 2 atom stereocenters. The lowest BCUT2D eigenvalue weighted by atomic mass is 9.77. The van der Waals surface area contributed by atoms with E-state index in [1.54, 1.807) is 12.4 Å². The van der Waals surface area contributed by atoms with Gasteiger partial charge in [-0.2, -0.15) is 15.0 Å². The Labute approximate surface area is 196 Å². The summed E-state index contributed by atoms with van der Waals surface area (Å²) >= 11 is 0. The van der Waals surface area contributed by atoms with Gasteiger partial charge < -0.3 is 10.0 Å². The molecule has 176 valence electrons. The van der Waals surface area contributed by atoms with Crippen molar-refractivity contribution < 1.29 is 9.90 Å². The average molecular weight is 450 g/mol. The highest BCUT2D eigenvalue weighted by atomic mass is 16.3. The summed E-state index contributed by atoms with van der Waals surface area (Å²) in [4.78, 5) is 22.1. The Hall–Kier alpha value is -2.80. The van der Waals surface area contributed by atoms with Crippen LogP contribution in [0.4, 0.5) is 0 Å². The van der Waals surface area contributed by atoms with Crippen molar-refractivity contribution in [2.24, 2.45) is 16.8 Å². The van der Waals surface area contributed by atoms with Crippen LogP contribution in [-0.2, 0) is 0 Å². The molecule has 1 saturated heterocycles. The molecule has 1 N–H and O–H groups in total. The van der Waals surface area contributed by atoms with E-state index >= 15 is 0 Å². The third-order valence-corrected chi connectivity index (χ3v) is 6.93. The third-order valence-electron chi connectivity index (χ3n) is 6.93. The smallest absolute Gasteiger partial charge is 0.256 e. The zero-order chi connectivity index (χ0) is 23.8. The fraction of sp³-hybridized carbons (Fsp3) is 0.538. The van der Waals surface area contributed by atoms with Crippen LogP contribution < -0.4 is 0 Å². The summed E-state index contributed by atoms with van der Waals surface area (Å²) < 4.78 is 0. The maximum atomic E-state index is 13.7. The first-order valence-corrected chi connectivity index (χ1v) is 12.0. The topological polar surface area (TPSA) is 83.6 Å². The number of para-hydroxylation sites is 1. The van der Waals surface area contributed by atoms with Crippen LogP contribution in [0.3, 0.4) is 0 Å². The molecule has 1 fully saturated rings. The second kappa shape index (κ2) is 9.21. The van der Waals surface area contributed by atoms with Gasteiger partial charge in [-0.15, -0.1) is 0 Å². The first-order chi connectivity index (χ1) is 15.7. The quantitative estimate of drug-likeness (QED) is 0.749. The van der Waals surface area contributed by atoms with Gasteiger partial charge >= 0.3 is 0 Å². The number of aliphatic hydroxyl groups is 1. The van der Waals surface area contributed by atoms with E-state index in [4.69, 9.17) is 4.99 Å². The molecule has 0 aliphatic carbocycles. The molecule has 2 aromatic rings. The summed E-state index contributed by atoms with van der Waals surface area (Å²) in [5.41, 5.74) is 3.46. The zero-order valence-corrected chi connectivity index (χ0v) is 20.3. The van der Waals surface area contributed by atoms with E-state index in [2.05, 4.69) is 31.0 Å². The Kier molecular flexibility index (Phi) is 6.52. The van der Waals surface area contributed by atoms with E-state index in [1.807, 2.05) is 43.0 Å². The van der Waals surface area contributed by atoms with Gasteiger partial charge in [0.25, 0.3) is 5.91 Å². The summed E-state index contributed by atoms with van der Waals surface area (Å²) in [5, 5.41) is 19.2. The molecular formula is C26H35N5O2. The van der Waals surface area contributed by atoms with E-state index in [0.717, 1.165) is 37.1 Å². The van der Waals surface area contributed by atoms with Gasteiger partial charge in [-0.3, -0.25) is 9.79 Å². The molecule has 33 heavy (non-hydrogen) atoms. The first-order valence-electron chi connectivity index (χ1n) is 12.0. The highest BCUT2D eigenvalue weighted by Gasteiger charge is 2.36. The average Bonchev–Trinajstić information content (AvgIpc) is 3.33. The summed E-state index contributed by atoms with van der Waals surface area (Å²) in [6.45, 7) is 10.7. The number of hydrogen-bond donors (Lipinski definition) is 1. The van der Waals surface area contributed by atoms with Crippen molar-refractivity contribution in [2.45, 2.75) is 71.9 Å². The van der Waals surface area contributed by atoms with Gasteiger partial charge in [0.2, 0.25) is 0 Å². The van der Waals surface area contributed by atoms with E-state index in [9.17, 15) is 9.90 Å². The molecule has 4 rings (SSSR count). The molecule has 0 radical (unpaired) electrons. The lowest BCUT2D eigenvalue weighted by Crippen LogP contribution is -2.44. The fourth-order valence-corrected chi connectivity index (χ4v) is 5.02. The van der Waals surface area contributed by atoms with Gasteiger partial charge in [0.1, 0.15) is 0 Å². The molecule has 2 aliphatic rings. The number of aliphatic imine (C=N–C) groups is 1. The molecule has 2 unspecified atom stereocenters. The van der Waals surface area contributed by atoms with Gasteiger partial charge in [-0.25, -0.2) is 0 Å². The molecule has 1 aromatic heterocycles. The van der Waals surface area contributed by atoms with Crippen molar-refractivity contribution in [1.82, 2.24) is 19.9 Å². The molecule has 3 heterocycles. The van der Waals surface area contributed by atoms with Crippen molar-refractivity contribution >= 4 is 11.6 Å². The van der Waals surface area contributed by atoms with Crippen molar-refractivity contribution in [3.8, 4) is 5.69 Å². The fourth-order valence-electron chi connectivity index (χ4n) is 5.02. The Morgan fingerprint density at radius 3 is 2.48 bits per heavy atom. The highest BCUT2D eigenvalue weighted by Crippen LogP contribution is 2.36. The summed E-state index contributed by atoms with van der Waals surface area (Å²) in [5.74, 6) is 0.692. The van der Waals surface area contributed by atoms with Gasteiger partial charge in [0.15, 0.2) is 0 Å². The number of hydrogen-bond acceptors (Lipinski definition) is 5. The molecule has 0 saturated carbocycles. The van der Waals surface area contributed by atoms with Gasteiger partial charge in [-0.1, -0.05) is 26.0 Å². The van der Waals surface area contributed by atoms with E-state index in [-0.39, 0.29) is 17.9 Å². The van der Waals surface area contributed by atoms with Crippen molar-refractivity contribution in [3.63, 3.8) is 0 Å². The lowest BCUT2D eigenvalue weighted by molar-refractivity contribution is 0.0675. The molecule has 7 heteroatoms. The number of nitrogens with zero attached hydrogens (tertiary/aromatic N) is 5. The number of piperidine rings is 1. The normalized spacial score (nSPS) is 24.2. The predicted octanol–water partition coefficient (Wildman–Crippen LogP) is 4.42. The first kappa shape index (κ1) is 23.4. The van der Waals surface area contributed by atoms with Gasteiger partial charge in [0.05, 0.1) is 35.0 Å². The van der Waals surface area contributed by atoms with Crippen LogP contribution in [0.25, 0.3) is 5.69 Å². The Morgan fingerprint density at radius 2 is 1.82 bits per heavy atom. The molecule has 0 spiro atoms. The van der Waals surface area contributed by atoms with Crippen LogP contribution in [-0.4, -0.2) is 54.8 Å². The van der Waals surface area contributed by atoms with E-state index in [1.165, 1.54) is 10.4 Å². The zero-order valence-electron chi connectivity index (χ0n) is 20.3. The summed E-state index contributed by atoms with van der Waals surface area (Å²) in [6.07, 6.45) is 6.92. The minimum Gasteiger partial charge on any atom is -0.384 e. The number of amides is 1. The van der Waals surface area contributed by atoms with Crippen LogP contribution in [0.5, 0.6) is 0 Å². The maximum absolute atomic E-state index is 13.7. The number of benzene rings is 1. The SMILES string of the molecule is CC(C)C1CC/C(=C2\CCC(C)N(C(=O)c3ccccc3-n3nccn3)C2)N=C1C(C)(C)O. The Bertz CT molecular complexity index is 1060. The van der Waals surface area contributed by atoms with Crippen LogP contribution in [0.2, 0.25) is 0 Å². The largest absolute Gasteiger partial charge is 0.384 e. The number of aromatic nitrogens is 3. The Balaban J connectivity index is 1.66. The third kappa shape index (κ3) is 4.78. The molecule has 0 bridgehead atoms. The lowest BCUT2D eigenvalue weighted by Gasteiger charge is -2.38. The monoisotopic (exact) mass is 449 g/mol. The van der Waals surface area contributed by atoms with E-state index < -0.39 is 5.60 Å². The van der Waals surface area contributed by atoms with Crippen LogP contribution in [0.1, 0.15) is 70.7 Å². The van der Waals surface area contributed by atoms with Gasteiger partial charge in [0, 0.05) is 24.2 Å². The van der Waals surface area contributed by atoms with Crippen molar-refractivity contribution in [1.29, 1.82) is 0 Å². The van der Waals surface area contributed by atoms with Crippen LogP contribution in [0.15, 0.2) is 52.9 Å². The van der Waals surface area contributed by atoms with Crippen LogP contribution in [0, 0.1) is 11.8 Å². The maximum Gasteiger partial charge on any atom is 0.256 e.